The van der Waals surface area contributed by atoms with Gasteiger partial charge in [0.05, 0.1) is 25.5 Å². The van der Waals surface area contributed by atoms with Crippen LogP contribution in [-0.4, -0.2) is 50.5 Å². The number of carbonyl (C=O) groups excluding carboxylic acids is 1. The lowest BCUT2D eigenvalue weighted by molar-refractivity contribution is -0.903. The first-order valence-corrected chi connectivity index (χ1v) is 14.2. The van der Waals surface area contributed by atoms with Gasteiger partial charge in [0, 0.05) is 24.9 Å². The number of benzene rings is 1. The van der Waals surface area contributed by atoms with Gasteiger partial charge in [-0.05, 0) is 18.6 Å². The summed E-state index contributed by atoms with van der Waals surface area (Å²) in [5.41, 5.74) is 1.01. The van der Waals surface area contributed by atoms with Gasteiger partial charge in [-0.3, -0.25) is 9.35 Å². The highest BCUT2D eigenvalue weighted by Gasteiger charge is 2.17. The molecule has 0 atom stereocenters. The van der Waals surface area contributed by atoms with Crippen molar-refractivity contribution in [3.63, 3.8) is 0 Å². The fourth-order valence-corrected chi connectivity index (χ4v) is 4.59. The van der Waals surface area contributed by atoms with Gasteiger partial charge in [-0.1, -0.05) is 83.3 Å². The van der Waals surface area contributed by atoms with E-state index in [-0.39, 0.29) is 10.8 Å². The second-order valence-corrected chi connectivity index (χ2v) is 11.3. The van der Waals surface area contributed by atoms with E-state index >= 15 is 0 Å². The highest BCUT2D eigenvalue weighted by atomic mass is 32.2. The van der Waals surface area contributed by atoms with E-state index in [1.54, 1.807) is 12.1 Å². The maximum atomic E-state index is 12.0. The van der Waals surface area contributed by atoms with Crippen molar-refractivity contribution in [2.75, 3.05) is 27.2 Å². The molecule has 2 N–H and O–H groups in total. The molecule has 0 fully saturated rings. The van der Waals surface area contributed by atoms with Crippen LogP contribution in [0.2, 0.25) is 0 Å². The number of quaternary nitrogens is 1. The Bertz CT molecular complexity index is 761. The topological polar surface area (TPSA) is 83.5 Å². The fraction of sp³-hybridized carbons (Fsp3) is 0.731. The average molecular weight is 484 g/mol. The van der Waals surface area contributed by atoms with Gasteiger partial charge in [0.2, 0.25) is 5.91 Å². The highest BCUT2D eigenvalue weighted by molar-refractivity contribution is 7.85. The third-order valence-corrected chi connectivity index (χ3v) is 6.97. The summed E-state index contributed by atoms with van der Waals surface area (Å²) in [5.74, 6) is 0.150. The zero-order valence-electron chi connectivity index (χ0n) is 21.2. The second kappa shape index (κ2) is 16.2. The van der Waals surface area contributed by atoms with E-state index in [4.69, 9.17) is 4.55 Å². The first-order valence-electron chi connectivity index (χ1n) is 12.8. The Balaban J connectivity index is 2.07. The van der Waals surface area contributed by atoms with Crippen molar-refractivity contribution in [2.24, 2.45) is 0 Å². The van der Waals surface area contributed by atoms with Crippen LogP contribution in [0.4, 0.5) is 0 Å². The predicted molar refractivity (Wildman–Crippen MR) is 136 cm³/mol. The third-order valence-electron chi connectivity index (χ3n) is 6.10. The molecule has 0 aliphatic carbocycles. The molecule has 7 heteroatoms. The number of hydrogen-bond acceptors (Lipinski definition) is 3. The number of unbranched alkanes of at least 4 members (excludes halogenated alkanes) is 10. The Hall–Kier alpha value is -1.44. The average Bonchev–Trinajstić information content (AvgIpc) is 2.74. The predicted octanol–water partition coefficient (Wildman–Crippen LogP) is 5.72. The molecule has 0 bridgehead atoms. The van der Waals surface area contributed by atoms with E-state index in [0.717, 1.165) is 42.4 Å². The standard InChI is InChI=1S/C26H46N2O4S/c1-4-5-6-7-8-9-10-11-12-13-14-16-26(29)27-21-15-22-28(2,3)23-24-17-19-25(20-18-24)33(30,31)32/h17-20H,4-16,21-23H2,1-3H3,(H-,27,29,30,31,32)/p+1. The molecule has 1 rings (SSSR count). The Morgan fingerprint density at radius 2 is 1.36 bits per heavy atom. The third kappa shape index (κ3) is 15.2. The monoisotopic (exact) mass is 483 g/mol. The Kier molecular flexibility index (Phi) is 14.6. The molecule has 0 unspecified atom stereocenters. The summed E-state index contributed by atoms with van der Waals surface area (Å²) in [6, 6.07) is 6.33. The molecule has 0 saturated heterocycles. The maximum absolute atomic E-state index is 12.0. The summed E-state index contributed by atoms with van der Waals surface area (Å²) in [4.78, 5) is 12.0. The van der Waals surface area contributed by atoms with Gasteiger partial charge in [0.1, 0.15) is 6.54 Å². The minimum atomic E-state index is -4.15. The fourth-order valence-electron chi connectivity index (χ4n) is 4.11. The summed E-state index contributed by atoms with van der Waals surface area (Å²) < 4.78 is 32.1. The van der Waals surface area contributed by atoms with Crippen LogP contribution in [0.5, 0.6) is 0 Å². The summed E-state index contributed by atoms with van der Waals surface area (Å²) >= 11 is 0. The number of nitrogens with zero attached hydrogens (tertiary/aromatic N) is 1. The van der Waals surface area contributed by atoms with E-state index in [9.17, 15) is 13.2 Å². The summed E-state index contributed by atoms with van der Waals surface area (Å²) in [6.45, 7) is 4.58. The molecule has 0 spiro atoms. The molecule has 1 amide bonds. The molecular weight excluding hydrogens is 436 g/mol. The smallest absolute Gasteiger partial charge is 0.294 e. The quantitative estimate of drug-likeness (QED) is 0.150. The molecule has 0 heterocycles. The number of nitrogens with one attached hydrogen (secondary N) is 1. The van der Waals surface area contributed by atoms with Crippen LogP contribution in [0.15, 0.2) is 29.2 Å². The number of carbonyl (C=O) groups is 1. The van der Waals surface area contributed by atoms with Crippen molar-refractivity contribution in [1.82, 2.24) is 5.32 Å². The molecule has 1 aromatic carbocycles. The molecule has 0 saturated carbocycles. The van der Waals surface area contributed by atoms with Crippen LogP contribution in [-0.2, 0) is 21.5 Å². The molecule has 33 heavy (non-hydrogen) atoms. The second-order valence-electron chi connectivity index (χ2n) is 9.93. The van der Waals surface area contributed by atoms with Crippen LogP contribution in [0.25, 0.3) is 0 Å². The Labute approximate surface area is 202 Å². The van der Waals surface area contributed by atoms with Gasteiger partial charge in [-0.2, -0.15) is 8.42 Å². The lowest BCUT2D eigenvalue weighted by Gasteiger charge is -2.30. The van der Waals surface area contributed by atoms with E-state index < -0.39 is 10.1 Å². The van der Waals surface area contributed by atoms with E-state index in [1.807, 2.05) is 0 Å². The summed E-state index contributed by atoms with van der Waals surface area (Å²) in [6.07, 6.45) is 15.7. The van der Waals surface area contributed by atoms with Gasteiger partial charge in [0.25, 0.3) is 10.1 Å². The van der Waals surface area contributed by atoms with Gasteiger partial charge >= 0.3 is 0 Å². The number of rotatable bonds is 19. The van der Waals surface area contributed by atoms with Crippen LogP contribution >= 0.6 is 0 Å². The van der Waals surface area contributed by atoms with E-state index in [0.29, 0.717) is 13.0 Å². The van der Waals surface area contributed by atoms with Crippen molar-refractivity contribution in [2.45, 2.75) is 102 Å². The van der Waals surface area contributed by atoms with Gasteiger partial charge in [-0.25, -0.2) is 0 Å². The number of hydrogen-bond donors (Lipinski definition) is 2. The van der Waals surface area contributed by atoms with Gasteiger partial charge < -0.3 is 9.80 Å². The SMILES string of the molecule is CCCCCCCCCCCCCC(=O)NCCC[N+](C)(C)Cc1ccc(S(=O)(=O)O)cc1. The first-order chi connectivity index (χ1) is 15.6. The van der Waals surface area contributed by atoms with Crippen molar-refractivity contribution < 1.29 is 22.2 Å². The largest absolute Gasteiger partial charge is 0.356 e. The zero-order valence-corrected chi connectivity index (χ0v) is 22.0. The van der Waals surface area contributed by atoms with Crippen LogP contribution in [0, 0.1) is 0 Å². The molecule has 0 aliphatic heterocycles. The maximum Gasteiger partial charge on any atom is 0.294 e. The lowest BCUT2D eigenvalue weighted by atomic mass is 10.1. The minimum Gasteiger partial charge on any atom is -0.356 e. The van der Waals surface area contributed by atoms with Crippen LogP contribution in [0.1, 0.15) is 96.0 Å². The molecule has 1 aromatic rings. The van der Waals surface area contributed by atoms with Crippen molar-refractivity contribution in [3.8, 4) is 0 Å². The molecule has 0 aliphatic rings. The van der Waals surface area contributed by atoms with Crippen molar-refractivity contribution in [1.29, 1.82) is 0 Å². The van der Waals surface area contributed by atoms with Crippen LogP contribution < -0.4 is 5.32 Å². The van der Waals surface area contributed by atoms with Gasteiger partial charge in [0.15, 0.2) is 0 Å². The Morgan fingerprint density at radius 1 is 0.848 bits per heavy atom. The molecular formula is C26H47N2O4S+. The molecule has 190 valence electrons. The zero-order chi connectivity index (χ0) is 24.6. The molecule has 0 aromatic heterocycles. The molecule has 0 radical (unpaired) electrons. The van der Waals surface area contributed by atoms with Crippen LogP contribution in [0.3, 0.4) is 0 Å². The Morgan fingerprint density at radius 3 is 1.88 bits per heavy atom. The summed E-state index contributed by atoms with van der Waals surface area (Å²) in [7, 11) is 0.0772. The summed E-state index contributed by atoms with van der Waals surface area (Å²) in [5, 5.41) is 3.04. The van der Waals surface area contributed by atoms with E-state index in [2.05, 4.69) is 26.3 Å². The first kappa shape index (κ1) is 29.6. The highest BCUT2D eigenvalue weighted by Crippen LogP contribution is 2.15. The number of amides is 1. The van der Waals surface area contributed by atoms with E-state index in [1.165, 1.54) is 69.9 Å². The van der Waals surface area contributed by atoms with Crippen molar-refractivity contribution >= 4 is 16.0 Å². The van der Waals surface area contributed by atoms with Crippen molar-refractivity contribution in [3.05, 3.63) is 29.8 Å². The normalized spacial score (nSPS) is 12.1. The minimum absolute atomic E-state index is 0.0860. The molecule has 6 nitrogen and oxygen atoms in total. The lowest BCUT2D eigenvalue weighted by Crippen LogP contribution is -2.41. The van der Waals surface area contributed by atoms with Gasteiger partial charge in [-0.15, -0.1) is 0 Å².